The third-order valence-electron chi connectivity index (χ3n) is 24.3. The van der Waals surface area contributed by atoms with Crippen molar-refractivity contribution in [3.63, 3.8) is 0 Å². The first-order chi connectivity index (χ1) is 71.4. The molecule has 0 saturated carbocycles. The summed E-state index contributed by atoms with van der Waals surface area (Å²) in [5.41, 5.74) is 42.6. The van der Waals surface area contributed by atoms with Crippen LogP contribution in [-0.4, -0.2) is 321 Å². The number of morpholine rings is 5. The van der Waals surface area contributed by atoms with Crippen molar-refractivity contribution in [2.24, 2.45) is 0 Å². The van der Waals surface area contributed by atoms with E-state index in [0.29, 0.717) is 196 Å². The zero-order valence-corrected chi connectivity index (χ0v) is 80.8. The van der Waals surface area contributed by atoms with Crippen LogP contribution in [0.2, 0.25) is 0 Å². The van der Waals surface area contributed by atoms with Crippen LogP contribution in [0.25, 0.3) is 101 Å². The number of rotatable bonds is 21. The smallest absolute Gasteiger partial charge is 0.228 e. The number of nitrogens with zero attached hydrogens (tertiary/aromatic N) is 30. The molecule has 7 aliphatic heterocycles. The third-order valence-corrected chi connectivity index (χ3v) is 24.3. The van der Waals surface area contributed by atoms with Crippen LogP contribution in [0, 0.1) is 5.95 Å². The summed E-state index contributed by atoms with van der Waals surface area (Å²) in [4.78, 5) is 116. The van der Waals surface area contributed by atoms with Crippen LogP contribution in [0.15, 0.2) is 196 Å². The maximum absolute atomic E-state index is 13.2. The molecule has 0 aromatic carbocycles. The second-order valence-corrected chi connectivity index (χ2v) is 34.7. The summed E-state index contributed by atoms with van der Waals surface area (Å²) >= 11 is 0. The van der Waals surface area contributed by atoms with Crippen molar-refractivity contribution in [2.45, 2.75) is 37.9 Å². The molecule has 22 rings (SSSR count). The van der Waals surface area contributed by atoms with Crippen molar-refractivity contribution < 1.29 is 47.4 Å². The minimum absolute atomic E-state index is 0.0754. The second-order valence-electron chi connectivity index (χ2n) is 34.7. The number of aromatic nitrogens is 23. The topological polar surface area (TPSA) is 555 Å². The lowest BCUT2D eigenvalue weighted by Crippen LogP contribution is -2.37. The number of hydrogen-bond acceptors (Lipinski definition) is 45. The number of nitrogens with one attached hydrogen (secondary N) is 1. The number of pyridine rings is 7. The average molecular weight is 1980 g/mol. The normalized spacial score (nSPS) is 15.8. The Hall–Kier alpha value is -16.7. The van der Waals surface area contributed by atoms with E-state index < -0.39 is 5.95 Å². The predicted molar refractivity (Wildman–Crippen MR) is 548 cm³/mol. The van der Waals surface area contributed by atoms with Gasteiger partial charge in [-0.3, -0.25) is 9.97 Å². The molecule has 0 amide bonds. The Morgan fingerprint density at radius 1 is 0.308 bits per heavy atom. The van der Waals surface area contributed by atoms with E-state index in [-0.39, 0.29) is 35.8 Å². The number of ether oxygens (including phenoxy) is 8. The first-order valence-corrected chi connectivity index (χ1v) is 47.8. The lowest BCUT2D eigenvalue weighted by Gasteiger charge is -2.29. The van der Waals surface area contributed by atoms with Crippen LogP contribution in [-0.2, 0) is 23.7 Å². The summed E-state index contributed by atoms with van der Waals surface area (Å²) in [6.07, 6.45) is 29.2. The highest BCUT2D eigenvalue weighted by molar-refractivity contribution is 5.75. The monoisotopic (exact) mass is 1980 g/mol. The third kappa shape index (κ3) is 27.2. The SMILES string of the molecule is CN1CCC(Oc2ccc(-c3cc(-c4cnc(N)nc4)nc(N4CCOCC4)n3)cn2)CC1.CN1CCC(Oc2ccc(Nc3cc(-c4ccc(N)nc4)nc(N4CCOCC4)n3)cn2)CC1.COc1cncc(-c2cc(-c3ccc(N)nc3)nc(N3CCOCC3)n2)c1.Nc1ncc(-c2cc(-c3ccc(F)nc3)nc(N3CCOCC3)n2)cn1.Nc1ncc(-c2cc(-c3cncc(O)c3)nc(N3CCOCC3)n2)cn1. The first kappa shape index (κ1) is 99.5. The molecule has 7 aliphatic rings. The lowest BCUT2D eigenvalue weighted by molar-refractivity contribution is 0.110. The standard InChI is InChI=1S/C24H30N8O2.C23H28N8O2.C19H20N6O2.C17H16FN7O.C17H17N7O2/c1-31-8-6-19(7-9-31)34-23-5-3-18(16-27-23)28-22-14-20(17-2-4-21(25)26-15-17)29-24(30-22)32-10-12-33-13-11-32;1-30-6-4-18(5-7-30)33-21-3-2-16(13-25-21)19-12-20(17-14-26-22(24)27-15-17)29-23(28-19)31-8-10-32-11-9-31;1-26-15-8-14(10-21-12-15)17-9-16(13-2-3-18(20)22-11-13)23-19(24-17)25-4-6-27-7-5-25;18-15-2-1-11(8-20-15)13-7-14(12-9-21-16(19)22-10-12)24-17(23-13)25-3-5-26-6-4-25;18-16-20-8-12(9-21-16)15-6-14(11-5-13(25)10-19-7-11)22-17(23-15)24-1-3-26-4-2-24/h2-5,14-16,19H,6-13H2,1H3,(H2,25,26)(H,28,29,30);2-3,12-15,18H,4-11H2,1H3,(H2,24,26,27);2-3,8-12H,4-7H2,1H3,(H2,20,22);1-2,7-10H,3-6H2,(H2,19,21,22);5-10,25H,1-4H2,(H2,18,20,21). The van der Waals surface area contributed by atoms with Gasteiger partial charge in [-0.15, -0.1) is 0 Å². The first-order valence-electron chi connectivity index (χ1n) is 47.8. The summed E-state index contributed by atoms with van der Waals surface area (Å²) in [7, 11) is 5.90. The molecule has 22 heterocycles. The summed E-state index contributed by atoms with van der Waals surface area (Å²) in [5.74, 6) is 6.85. The maximum Gasteiger partial charge on any atom is 0.228 e. The van der Waals surface area contributed by atoms with E-state index in [1.807, 2.05) is 71.6 Å². The van der Waals surface area contributed by atoms with Gasteiger partial charge in [0.1, 0.15) is 41.2 Å². The molecule has 0 radical (unpaired) electrons. The summed E-state index contributed by atoms with van der Waals surface area (Å²) in [5, 5.41) is 13.1. The molecular weight excluding hydrogens is 1870 g/mol. The fourth-order valence-corrected chi connectivity index (χ4v) is 16.2. The average Bonchev–Trinajstić information content (AvgIpc) is 0.821. The number of nitrogens with two attached hydrogens (primary N) is 5. The Balaban J connectivity index is 0.000000120. The molecular formula is C100H111FN36O9. The van der Waals surface area contributed by atoms with Crippen LogP contribution in [0.4, 0.5) is 75.1 Å². The van der Waals surface area contributed by atoms with Gasteiger partial charge >= 0.3 is 0 Å². The van der Waals surface area contributed by atoms with Crippen molar-refractivity contribution in [3.8, 4) is 125 Å². The molecule has 45 nitrogen and oxygen atoms in total. The van der Waals surface area contributed by atoms with Gasteiger partial charge in [0.05, 0.1) is 149 Å². The van der Waals surface area contributed by atoms with Gasteiger partial charge in [-0.2, -0.15) is 9.37 Å². The van der Waals surface area contributed by atoms with E-state index >= 15 is 0 Å². The van der Waals surface area contributed by atoms with Gasteiger partial charge < -0.3 is 111 Å². The molecule has 7 fully saturated rings. The number of methoxy groups -OCH3 is 1. The van der Waals surface area contributed by atoms with E-state index in [1.54, 1.807) is 118 Å². The molecule has 0 spiro atoms. The molecule has 0 bridgehead atoms. The highest BCUT2D eigenvalue weighted by atomic mass is 19.1. The van der Waals surface area contributed by atoms with Crippen molar-refractivity contribution >= 4 is 70.7 Å². The molecule has 146 heavy (non-hydrogen) atoms. The number of piperidine rings is 2. The Morgan fingerprint density at radius 3 is 0.945 bits per heavy atom. The summed E-state index contributed by atoms with van der Waals surface area (Å²) < 4.78 is 57.8. The van der Waals surface area contributed by atoms with Gasteiger partial charge in [-0.25, -0.2) is 99.7 Å². The Labute approximate surface area is 840 Å². The van der Waals surface area contributed by atoms with Crippen LogP contribution in [0.3, 0.4) is 0 Å². The van der Waals surface area contributed by atoms with Gasteiger partial charge in [0, 0.05) is 234 Å². The number of halogens is 1. The minimum Gasteiger partial charge on any atom is -0.506 e. The van der Waals surface area contributed by atoms with E-state index in [9.17, 15) is 9.50 Å². The summed E-state index contributed by atoms with van der Waals surface area (Å²) in [6.45, 7) is 17.9. The fourth-order valence-electron chi connectivity index (χ4n) is 16.2. The van der Waals surface area contributed by atoms with Crippen LogP contribution < -0.4 is 72.7 Å². The molecule has 7 saturated heterocycles. The lowest BCUT2D eigenvalue weighted by atomic mass is 10.1. The molecule has 46 heteroatoms. The van der Waals surface area contributed by atoms with Gasteiger partial charge in [-0.05, 0) is 125 Å². The van der Waals surface area contributed by atoms with E-state index in [2.05, 4.69) is 134 Å². The van der Waals surface area contributed by atoms with E-state index in [1.165, 1.54) is 18.5 Å². The minimum atomic E-state index is -0.539. The number of anilines is 12. The molecule has 12 N–H and O–H groups in total. The largest absolute Gasteiger partial charge is 0.506 e. The van der Waals surface area contributed by atoms with Gasteiger partial charge in [0.25, 0.3) is 0 Å². The molecule has 752 valence electrons. The van der Waals surface area contributed by atoms with Gasteiger partial charge in [0.15, 0.2) is 0 Å². The fraction of sp³-hybridized carbons (Fsp3) is 0.330. The van der Waals surface area contributed by atoms with Crippen molar-refractivity contribution in [1.29, 1.82) is 0 Å². The predicted octanol–water partition coefficient (Wildman–Crippen LogP) is 9.16. The quantitative estimate of drug-likeness (QED) is 0.0329. The van der Waals surface area contributed by atoms with Gasteiger partial charge in [0.2, 0.25) is 65.3 Å². The van der Waals surface area contributed by atoms with Crippen LogP contribution in [0.5, 0.6) is 23.3 Å². The number of likely N-dealkylation sites (tertiary alicyclic amines) is 2. The van der Waals surface area contributed by atoms with E-state index in [4.69, 9.17) is 96.5 Å². The Morgan fingerprint density at radius 2 is 0.616 bits per heavy atom. The van der Waals surface area contributed by atoms with E-state index in [0.717, 1.165) is 159 Å². The van der Waals surface area contributed by atoms with Crippen molar-refractivity contribution in [1.82, 2.24) is 124 Å². The molecule has 0 aliphatic carbocycles. The number of aromatic hydroxyl groups is 1. The number of hydrogen-bond donors (Lipinski definition) is 7. The Kier molecular flexibility index (Phi) is 33.0. The molecule has 15 aromatic heterocycles. The zero-order valence-electron chi connectivity index (χ0n) is 80.8. The molecule has 15 aromatic rings. The molecule has 0 atom stereocenters. The second kappa shape index (κ2) is 48.4. The highest BCUT2D eigenvalue weighted by Gasteiger charge is 2.28. The van der Waals surface area contributed by atoms with Crippen molar-refractivity contribution in [3.05, 3.63) is 202 Å². The number of nitrogen functional groups attached to an aromatic ring is 5. The van der Waals surface area contributed by atoms with Gasteiger partial charge in [-0.1, -0.05) is 0 Å². The van der Waals surface area contributed by atoms with Crippen LogP contribution >= 0.6 is 0 Å². The molecule has 0 unspecified atom stereocenters. The summed E-state index contributed by atoms with van der Waals surface area (Å²) in [6, 6.07) is 30.9. The Bertz CT molecular complexity index is 6690. The van der Waals surface area contributed by atoms with Crippen LogP contribution in [0.1, 0.15) is 25.7 Å². The highest BCUT2D eigenvalue weighted by Crippen LogP contribution is 2.36. The zero-order chi connectivity index (χ0) is 100. The maximum atomic E-state index is 13.2. The van der Waals surface area contributed by atoms with Crippen molar-refractivity contribution in [2.75, 3.05) is 237 Å².